The van der Waals surface area contributed by atoms with E-state index in [0.717, 1.165) is 22.5 Å². The summed E-state index contributed by atoms with van der Waals surface area (Å²) in [6.45, 7) is 3.49. The van der Waals surface area contributed by atoms with Gasteiger partial charge in [-0.2, -0.15) is 0 Å². The quantitative estimate of drug-likeness (QED) is 0.521. The van der Waals surface area contributed by atoms with Crippen LogP contribution in [-0.4, -0.2) is 28.5 Å². The third kappa shape index (κ3) is 3.22. The average Bonchev–Trinajstić information content (AvgIpc) is 2.21. The van der Waals surface area contributed by atoms with Crippen LogP contribution in [-0.2, 0) is 0 Å². The smallest absolute Gasteiger partial charge is 0.291 e. The van der Waals surface area contributed by atoms with Crippen LogP contribution >= 0.6 is 0 Å². The molecule has 0 saturated heterocycles. The lowest BCUT2D eigenvalue weighted by Crippen LogP contribution is -2.35. The molecule has 76 valence electrons. The highest BCUT2D eigenvalue weighted by molar-refractivity contribution is 5.94. The fraction of sp³-hybridized carbons (Fsp3) is 0.222. The molecule has 0 radical (unpaired) electrons. The van der Waals surface area contributed by atoms with Crippen LogP contribution in [0.1, 0.15) is 13.8 Å². The number of urea groups is 1. The third-order valence-corrected chi connectivity index (χ3v) is 1.34. The molecule has 0 unspecified atom stereocenters. The Morgan fingerprint density at radius 1 is 1.00 bits per heavy atom. The third-order valence-electron chi connectivity index (χ3n) is 1.34. The van der Waals surface area contributed by atoms with Crippen LogP contribution in [0.5, 0.6) is 0 Å². The van der Waals surface area contributed by atoms with Crippen LogP contribution in [0.3, 0.4) is 0 Å². The fourth-order valence-corrected chi connectivity index (χ4v) is 0.779. The lowest BCUT2D eigenvalue weighted by molar-refractivity contribution is 0.219. The van der Waals surface area contributed by atoms with E-state index in [9.17, 15) is 4.79 Å². The van der Waals surface area contributed by atoms with E-state index >= 15 is 0 Å². The molecule has 2 N–H and O–H groups in total. The van der Waals surface area contributed by atoms with Crippen molar-refractivity contribution >= 4 is 18.7 Å². The van der Waals surface area contributed by atoms with Gasteiger partial charge in [-0.25, -0.2) is 4.79 Å². The number of amides is 2. The van der Waals surface area contributed by atoms with Gasteiger partial charge in [0.2, 0.25) is 0 Å². The van der Waals surface area contributed by atoms with Crippen LogP contribution in [0.15, 0.2) is 24.6 Å². The van der Waals surface area contributed by atoms with Crippen molar-refractivity contribution in [3.05, 3.63) is 24.6 Å². The zero-order chi connectivity index (χ0) is 11.0. The SMILES string of the molecule is C/C=C\N(C=N)C(=O)N(C=N)/C=C\C. The summed E-state index contributed by atoms with van der Waals surface area (Å²) in [4.78, 5) is 13.7. The fourth-order valence-electron chi connectivity index (χ4n) is 0.779. The predicted octanol–water partition coefficient (Wildman–Crippen LogP) is 1.99. The normalized spacial score (nSPS) is 10.4. The number of nitrogens with zero attached hydrogens (tertiary/aromatic N) is 2. The molecule has 0 aromatic rings. The van der Waals surface area contributed by atoms with E-state index in [2.05, 4.69) is 0 Å². The lowest BCUT2D eigenvalue weighted by atomic mass is 10.6. The van der Waals surface area contributed by atoms with Crippen molar-refractivity contribution in [1.29, 1.82) is 10.8 Å². The minimum absolute atomic E-state index is 0.466. The van der Waals surface area contributed by atoms with Crippen LogP contribution in [0.4, 0.5) is 4.79 Å². The van der Waals surface area contributed by atoms with Crippen LogP contribution < -0.4 is 0 Å². The van der Waals surface area contributed by atoms with Gasteiger partial charge in [0.05, 0.1) is 12.7 Å². The number of carbonyl (C=O) groups is 1. The van der Waals surface area contributed by atoms with Gasteiger partial charge >= 0.3 is 6.03 Å². The Morgan fingerprint density at radius 3 is 1.57 bits per heavy atom. The summed E-state index contributed by atoms with van der Waals surface area (Å²) < 4.78 is 0. The summed E-state index contributed by atoms with van der Waals surface area (Å²) in [6, 6.07) is -0.466. The molecule has 0 heterocycles. The van der Waals surface area contributed by atoms with Gasteiger partial charge in [-0.05, 0) is 13.8 Å². The molecular weight excluding hydrogens is 180 g/mol. The molecule has 0 fully saturated rings. The first-order valence-corrected chi connectivity index (χ1v) is 4.08. The Kier molecular flexibility index (Phi) is 5.69. The molecule has 5 heteroatoms. The summed E-state index contributed by atoms with van der Waals surface area (Å²) in [6.07, 6.45) is 7.97. The molecular formula is C9H14N4O. The van der Waals surface area contributed by atoms with E-state index in [-0.39, 0.29) is 0 Å². The summed E-state index contributed by atoms with van der Waals surface area (Å²) in [5.74, 6) is 0. The topological polar surface area (TPSA) is 71.2 Å². The number of allylic oxidation sites excluding steroid dienone is 2. The molecule has 5 nitrogen and oxygen atoms in total. The monoisotopic (exact) mass is 194 g/mol. The van der Waals surface area contributed by atoms with E-state index in [1.165, 1.54) is 12.4 Å². The number of rotatable bonds is 4. The summed E-state index contributed by atoms with van der Waals surface area (Å²) >= 11 is 0. The highest BCUT2D eigenvalue weighted by atomic mass is 16.2. The van der Waals surface area contributed by atoms with Gasteiger partial charge in [-0.1, -0.05) is 12.2 Å². The van der Waals surface area contributed by atoms with Crippen molar-refractivity contribution in [3.63, 3.8) is 0 Å². The van der Waals surface area contributed by atoms with E-state index in [1.807, 2.05) is 0 Å². The first-order chi connectivity index (χ1) is 6.71. The second-order valence-corrected chi connectivity index (χ2v) is 2.32. The molecule has 0 spiro atoms. The Bertz CT molecular complexity index is 244. The second kappa shape index (κ2) is 6.59. The van der Waals surface area contributed by atoms with Gasteiger partial charge in [0, 0.05) is 12.4 Å². The van der Waals surface area contributed by atoms with Crippen molar-refractivity contribution in [2.45, 2.75) is 13.8 Å². The van der Waals surface area contributed by atoms with Crippen molar-refractivity contribution in [2.75, 3.05) is 0 Å². The number of hydrogen-bond acceptors (Lipinski definition) is 3. The van der Waals surface area contributed by atoms with Crippen molar-refractivity contribution in [1.82, 2.24) is 9.80 Å². The average molecular weight is 194 g/mol. The van der Waals surface area contributed by atoms with Crippen molar-refractivity contribution in [2.24, 2.45) is 0 Å². The van der Waals surface area contributed by atoms with Crippen LogP contribution in [0.2, 0.25) is 0 Å². The minimum Gasteiger partial charge on any atom is -0.291 e. The number of nitrogens with one attached hydrogen (secondary N) is 2. The zero-order valence-electron chi connectivity index (χ0n) is 8.27. The molecule has 0 aromatic heterocycles. The maximum Gasteiger partial charge on any atom is 0.338 e. The molecule has 0 bridgehead atoms. The summed E-state index contributed by atoms with van der Waals surface area (Å²) in [7, 11) is 0. The Hall–Kier alpha value is -1.91. The van der Waals surface area contributed by atoms with Gasteiger partial charge in [-0.3, -0.25) is 20.6 Å². The Morgan fingerprint density at radius 2 is 1.36 bits per heavy atom. The molecule has 0 atom stereocenters. The van der Waals surface area contributed by atoms with Crippen LogP contribution in [0.25, 0.3) is 0 Å². The largest absolute Gasteiger partial charge is 0.338 e. The highest BCUT2D eigenvalue weighted by Crippen LogP contribution is 1.96. The first-order valence-electron chi connectivity index (χ1n) is 4.08. The summed E-state index contributed by atoms with van der Waals surface area (Å²) in [5, 5.41) is 14.0. The molecule has 0 aliphatic heterocycles. The lowest BCUT2D eigenvalue weighted by Gasteiger charge is -2.18. The minimum atomic E-state index is -0.466. The van der Waals surface area contributed by atoms with Crippen LogP contribution in [0, 0.1) is 10.8 Å². The molecule has 0 aliphatic carbocycles. The molecule has 0 aliphatic rings. The standard InChI is InChI=1S/C9H14N4O/c1-3-5-12(7-10)9(14)13(8-11)6-4-2/h3-8,10-11H,1-2H3/b5-3-,6-4-,10-7?,11-8?. The summed E-state index contributed by atoms with van der Waals surface area (Å²) in [5.41, 5.74) is 0. The van der Waals surface area contributed by atoms with E-state index in [0.29, 0.717) is 0 Å². The first kappa shape index (κ1) is 12.1. The Labute approximate surface area is 83.3 Å². The van der Waals surface area contributed by atoms with Gasteiger partial charge in [0.15, 0.2) is 0 Å². The van der Waals surface area contributed by atoms with Gasteiger partial charge in [-0.15, -0.1) is 0 Å². The maximum atomic E-state index is 11.5. The Balaban J connectivity index is 4.69. The van der Waals surface area contributed by atoms with E-state index < -0.39 is 6.03 Å². The molecule has 14 heavy (non-hydrogen) atoms. The van der Waals surface area contributed by atoms with E-state index in [4.69, 9.17) is 10.8 Å². The number of hydrogen-bond donors (Lipinski definition) is 2. The number of carbonyl (C=O) groups excluding carboxylic acids is 1. The molecule has 2 amide bonds. The maximum absolute atomic E-state index is 11.5. The molecule has 0 saturated carbocycles. The zero-order valence-corrected chi connectivity index (χ0v) is 8.27. The van der Waals surface area contributed by atoms with Gasteiger partial charge in [0.1, 0.15) is 0 Å². The second-order valence-electron chi connectivity index (χ2n) is 2.32. The van der Waals surface area contributed by atoms with Gasteiger partial charge in [0.25, 0.3) is 0 Å². The van der Waals surface area contributed by atoms with Crippen molar-refractivity contribution in [3.8, 4) is 0 Å². The molecule has 0 rings (SSSR count). The molecule has 0 aromatic carbocycles. The predicted molar refractivity (Wildman–Crippen MR) is 56.3 cm³/mol. The van der Waals surface area contributed by atoms with Gasteiger partial charge < -0.3 is 0 Å². The van der Waals surface area contributed by atoms with E-state index in [1.54, 1.807) is 26.0 Å². The van der Waals surface area contributed by atoms with Crippen molar-refractivity contribution < 1.29 is 4.79 Å². The highest BCUT2D eigenvalue weighted by Gasteiger charge is 2.12.